The van der Waals surface area contributed by atoms with Crippen molar-refractivity contribution in [2.75, 3.05) is 5.75 Å². The molecule has 0 unspecified atom stereocenters. The van der Waals surface area contributed by atoms with E-state index in [1.807, 2.05) is 0 Å². The van der Waals surface area contributed by atoms with Gasteiger partial charge in [0.2, 0.25) is 5.91 Å². The van der Waals surface area contributed by atoms with Gasteiger partial charge in [-0.2, -0.15) is 13.5 Å². The summed E-state index contributed by atoms with van der Waals surface area (Å²) in [6.07, 6.45) is 1.44. The lowest BCUT2D eigenvalue weighted by Gasteiger charge is -2.09. The summed E-state index contributed by atoms with van der Waals surface area (Å²) in [6.45, 7) is 0. The Balaban J connectivity index is 1.77. The number of nitrogens with one attached hydrogen (secondary N) is 1. The second-order valence-corrected chi connectivity index (χ2v) is 9.42. The number of amidine groups is 1. The maximum atomic E-state index is 12.5. The molecular weight excluding hydrogens is 522 g/mol. The molecule has 0 saturated carbocycles. The summed E-state index contributed by atoms with van der Waals surface area (Å²) in [6, 6.07) is 11.2. The van der Waals surface area contributed by atoms with Gasteiger partial charge in [0.1, 0.15) is 10.6 Å². The first-order valence-corrected chi connectivity index (χ1v) is 11.3. The van der Waals surface area contributed by atoms with E-state index in [0.717, 1.165) is 0 Å². The highest BCUT2D eigenvalue weighted by Gasteiger charge is 2.20. The van der Waals surface area contributed by atoms with Crippen LogP contribution < -0.4 is 9.50 Å². The maximum absolute atomic E-state index is 12.5. The molecule has 7 nitrogen and oxygen atoms in total. The number of amides is 1. The molecule has 1 fully saturated rings. The number of thioether (sulfide) groups is 1. The van der Waals surface area contributed by atoms with E-state index >= 15 is 0 Å². The largest absolute Gasteiger partial charge is 0.379 e. The summed E-state index contributed by atoms with van der Waals surface area (Å²) in [5.74, 6) is 0.344. The first kappa shape index (κ1) is 20.1. The Labute approximate surface area is 176 Å². The Kier molecular flexibility index (Phi) is 6.35. The molecule has 0 aliphatic carbocycles. The van der Waals surface area contributed by atoms with E-state index < -0.39 is 10.1 Å². The average Bonchev–Trinajstić information content (AvgIpc) is 3.02. The summed E-state index contributed by atoms with van der Waals surface area (Å²) in [7, 11) is -4.02. The van der Waals surface area contributed by atoms with E-state index in [4.69, 9.17) is 4.18 Å². The van der Waals surface area contributed by atoms with E-state index in [1.165, 1.54) is 36.2 Å². The van der Waals surface area contributed by atoms with Gasteiger partial charge in [-0.05, 0) is 51.8 Å². The highest BCUT2D eigenvalue weighted by atomic mass is 79.9. The van der Waals surface area contributed by atoms with Crippen LogP contribution in [0.1, 0.15) is 5.56 Å². The van der Waals surface area contributed by atoms with Crippen molar-refractivity contribution in [3.8, 4) is 5.75 Å². The second-order valence-electron chi connectivity index (χ2n) is 5.17. The molecule has 1 heterocycles. The third-order valence-electron chi connectivity index (χ3n) is 3.17. The van der Waals surface area contributed by atoms with E-state index in [2.05, 4.69) is 47.4 Å². The first-order valence-electron chi connectivity index (χ1n) is 7.37. The lowest BCUT2D eigenvalue weighted by molar-refractivity contribution is -0.116. The highest BCUT2D eigenvalue weighted by Crippen LogP contribution is 2.28. The standard InChI is InChI=1S/C16H11Br2N3O4S2/c17-11-4-5-13(18)14(7-11)27(23,24)25-12-3-1-2-10(6-12)8-19-21-16-20-15(22)9-26-16/h1-8H,9H2,(H,20,21,22)/b19-8+. The van der Waals surface area contributed by atoms with Gasteiger partial charge in [0, 0.05) is 8.95 Å². The Bertz CT molecular complexity index is 1060. The van der Waals surface area contributed by atoms with Crippen LogP contribution in [0, 0.1) is 0 Å². The zero-order valence-corrected chi connectivity index (χ0v) is 18.2. The summed E-state index contributed by atoms with van der Waals surface area (Å²) >= 11 is 7.72. The van der Waals surface area contributed by atoms with Gasteiger partial charge in [0.25, 0.3) is 0 Å². The van der Waals surface area contributed by atoms with Crippen LogP contribution >= 0.6 is 43.6 Å². The zero-order chi connectivity index (χ0) is 19.4. The minimum Gasteiger partial charge on any atom is -0.379 e. The molecule has 140 valence electrons. The molecule has 0 spiro atoms. The van der Waals surface area contributed by atoms with Crippen molar-refractivity contribution in [2.45, 2.75) is 4.90 Å². The highest BCUT2D eigenvalue weighted by molar-refractivity contribution is 9.11. The van der Waals surface area contributed by atoms with Crippen LogP contribution in [-0.4, -0.2) is 31.5 Å². The predicted molar refractivity (Wildman–Crippen MR) is 112 cm³/mol. The van der Waals surface area contributed by atoms with Crippen molar-refractivity contribution in [1.82, 2.24) is 5.32 Å². The monoisotopic (exact) mass is 531 g/mol. The summed E-state index contributed by atoms with van der Waals surface area (Å²) in [5.41, 5.74) is 0.592. The van der Waals surface area contributed by atoms with Crippen LogP contribution in [-0.2, 0) is 14.9 Å². The molecule has 1 N–H and O–H groups in total. The number of hydrogen-bond acceptors (Lipinski definition) is 7. The molecule has 11 heteroatoms. The smallest absolute Gasteiger partial charge is 0.340 e. The zero-order valence-electron chi connectivity index (χ0n) is 13.4. The summed E-state index contributed by atoms with van der Waals surface area (Å²) < 4.78 is 31.3. The molecule has 1 aliphatic heterocycles. The Morgan fingerprint density at radius 3 is 2.74 bits per heavy atom. The lowest BCUT2D eigenvalue weighted by atomic mass is 10.2. The molecule has 0 aromatic heterocycles. The number of hydrogen-bond donors (Lipinski definition) is 1. The number of nitrogens with zero attached hydrogens (tertiary/aromatic N) is 2. The number of halogens is 2. The minimum absolute atomic E-state index is 0.0105. The molecule has 1 saturated heterocycles. The van der Waals surface area contributed by atoms with Crippen molar-refractivity contribution in [3.63, 3.8) is 0 Å². The fourth-order valence-electron chi connectivity index (χ4n) is 2.01. The second kappa shape index (κ2) is 8.55. The number of benzene rings is 2. The maximum Gasteiger partial charge on any atom is 0.340 e. The van der Waals surface area contributed by atoms with Gasteiger partial charge >= 0.3 is 10.1 Å². The van der Waals surface area contributed by atoms with Gasteiger partial charge < -0.3 is 9.50 Å². The van der Waals surface area contributed by atoms with Crippen LogP contribution in [0.15, 0.2) is 66.5 Å². The van der Waals surface area contributed by atoms with E-state index in [-0.39, 0.29) is 16.6 Å². The van der Waals surface area contributed by atoms with E-state index in [1.54, 1.807) is 24.3 Å². The van der Waals surface area contributed by atoms with Crippen LogP contribution in [0.2, 0.25) is 0 Å². The van der Waals surface area contributed by atoms with E-state index in [9.17, 15) is 13.2 Å². The fourth-order valence-corrected chi connectivity index (χ4v) is 5.02. The average molecular weight is 533 g/mol. The van der Waals surface area contributed by atoms with Crippen LogP contribution in [0.5, 0.6) is 5.75 Å². The number of rotatable bonds is 5. The van der Waals surface area contributed by atoms with Crippen molar-refractivity contribution in [2.24, 2.45) is 10.2 Å². The first-order chi connectivity index (χ1) is 12.8. The van der Waals surface area contributed by atoms with Crippen LogP contribution in [0.4, 0.5) is 0 Å². The molecule has 0 radical (unpaired) electrons. The Hall–Kier alpha value is -1.69. The van der Waals surface area contributed by atoms with Gasteiger partial charge in [-0.25, -0.2) is 0 Å². The van der Waals surface area contributed by atoms with Crippen molar-refractivity contribution in [3.05, 3.63) is 57.0 Å². The molecule has 0 atom stereocenters. The SMILES string of the molecule is O=C1CS/C(=N\N=C\c2cccc(OS(=O)(=O)c3cc(Br)ccc3Br)c2)N1. The topological polar surface area (TPSA) is 97.2 Å². The van der Waals surface area contributed by atoms with E-state index in [0.29, 0.717) is 25.4 Å². The fraction of sp³-hybridized carbons (Fsp3) is 0.0625. The van der Waals surface area contributed by atoms with Gasteiger partial charge in [-0.15, -0.1) is 5.10 Å². The Morgan fingerprint density at radius 2 is 2.00 bits per heavy atom. The van der Waals surface area contributed by atoms with Crippen LogP contribution in [0.25, 0.3) is 0 Å². The third-order valence-corrected chi connectivity index (χ3v) is 6.77. The van der Waals surface area contributed by atoms with Gasteiger partial charge in [-0.1, -0.05) is 39.8 Å². The molecule has 3 rings (SSSR count). The van der Waals surface area contributed by atoms with Crippen molar-refractivity contribution in [1.29, 1.82) is 0 Å². The van der Waals surface area contributed by atoms with Crippen molar-refractivity contribution >= 4 is 71.0 Å². The van der Waals surface area contributed by atoms with Gasteiger partial charge in [-0.3, -0.25) is 4.79 Å². The quantitative estimate of drug-likeness (QED) is 0.361. The number of carbonyl (C=O) groups excluding carboxylic acids is 1. The molecule has 0 bridgehead atoms. The van der Waals surface area contributed by atoms with Crippen LogP contribution in [0.3, 0.4) is 0 Å². The third kappa shape index (κ3) is 5.41. The molecule has 2 aromatic rings. The number of carbonyl (C=O) groups is 1. The summed E-state index contributed by atoms with van der Waals surface area (Å²) in [5, 5.41) is 10.8. The Morgan fingerprint density at radius 1 is 1.19 bits per heavy atom. The summed E-state index contributed by atoms with van der Waals surface area (Å²) in [4.78, 5) is 11.1. The molecule has 1 aliphatic rings. The lowest BCUT2D eigenvalue weighted by Crippen LogP contribution is -2.19. The molecule has 1 amide bonds. The predicted octanol–water partition coefficient (Wildman–Crippen LogP) is 3.53. The van der Waals surface area contributed by atoms with Gasteiger partial charge in [0.15, 0.2) is 5.17 Å². The molecular formula is C16H11Br2N3O4S2. The minimum atomic E-state index is -4.02. The van der Waals surface area contributed by atoms with Crippen molar-refractivity contribution < 1.29 is 17.4 Å². The normalized spacial score (nSPS) is 16.1. The van der Waals surface area contributed by atoms with Gasteiger partial charge in [0.05, 0.1) is 12.0 Å². The molecule has 2 aromatic carbocycles. The molecule has 27 heavy (non-hydrogen) atoms.